The zero-order chi connectivity index (χ0) is 13.1. The molecule has 0 spiro atoms. The summed E-state index contributed by atoms with van der Waals surface area (Å²) in [6.07, 6.45) is -4.20. The summed E-state index contributed by atoms with van der Waals surface area (Å²) in [5.74, 6) is 0.604. The topological polar surface area (TPSA) is 21.3 Å². The molecule has 1 N–H and O–H groups in total. The highest BCUT2D eigenvalue weighted by molar-refractivity contribution is 5.39. The number of hydrogen-bond donors (Lipinski definition) is 1. The number of alkyl halides is 3. The van der Waals surface area contributed by atoms with E-state index in [2.05, 4.69) is 5.32 Å². The summed E-state index contributed by atoms with van der Waals surface area (Å²) < 4.78 is 41.4. The van der Waals surface area contributed by atoms with Gasteiger partial charge in [0.05, 0.1) is 13.7 Å². The quantitative estimate of drug-likeness (QED) is 0.882. The van der Waals surface area contributed by atoms with Crippen LogP contribution in [0.15, 0.2) is 18.2 Å². The standard InChI is InChI=1S/C12H16F3NO/c1-8-4-5-10(11(6-8)17-3)9(2)16-7-12(13,14)15/h4-6,9,16H,7H2,1-3H3. The second kappa shape index (κ2) is 5.40. The third kappa shape index (κ3) is 4.26. The first-order valence-corrected chi connectivity index (χ1v) is 5.28. The summed E-state index contributed by atoms with van der Waals surface area (Å²) in [5.41, 5.74) is 1.73. The van der Waals surface area contributed by atoms with Crippen molar-refractivity contribution in [3.63, 3.8) is 0 Å². The van der Waals surface area contributed by atoms with E-state index < -0.39 is 18.8 Å². The van der Waals surface area contributed by atoms with E-state index in [9.17, 15) is 13.2 Å². The third-order valence-electron chi connectivity index (χ3n) is 2.46. The van der Waals surface area contributed by atoms with Gasteiger partial charge < -0.3 is 10.1 Å². The van der Waals surface area contributed by atoms with Crippen LogP contribution in [0.4, 0.5) is 13.2 Å². The third-order valence-corrected chi connectivity index (χ3v) is 2.46. The number of halogens is 3. The predicted octanol–water partition coefficient (Wildman–Crippen LogP) is 3.22. The van der Waals surface area contributed by atoms with Crippen molar-refractivity contribution in [1.29, 1.82) is 0 Å². The molecule has 0 saturated heterocycles. The molecule has 2 nitrogen and oxygen atoms in total. The van der Waals surface area contributed by atoms with Crippen LogP contribution >= 0.6 is 0 Å². The molecule has 1 atom stereocenters. The Morgan fingerprint density at radius 2 is 2.00 bits per heavy atom. The number of hydrogen-bond acceptors (Lipinski definition) is 2. The molecule has 17 heavy (non-hydrogen) atoms. The average Bonchev–Trinajstić information content (AvgIpc) is 2.24. The molecule has 5 heteroatoms. The second-order valence-corrected chi connectivity index (χ2v) is 3.96. The minimum absolute atomic E-state index is 0.410. The molecular weight excluding hydrogens is 231 g/mol. The van der Waals surface area contributed by atoms with Crippen LogP contribution in [-0.4, -0.2) is 19.8 Å². The Kier molecular flexibility index (Phi) is 4.40. The van der Waals surface area contributed by atoms with E-state index in [-0.39, 0.29) is 0 Å². The lowest BCUT2D eigenvalue weighted by Gasteiger charge is -2.18. The van der Waals surface area contributed by atoms with Crippen molar-refractivity contribution >= 4 is 0 Å². The van der Waals surface area contributed by atoms with Gasteiger partial charge in [-0.2, -0.15) is 13.2 Å². The summed E-state index contributed by atoms with van der Waals surface area (Å²) in [5, 5.41) is 2.43. The Labute approximate surface area is 98.8 Å². The van der Waals surface area contributed by atoms with Crippen LogP contribution in [-0.2, 0) is 0 Å². The lowest BCUT2D eigenvalue weighted by molar-refractivity contribution is -0.126. The molecule has 0 aliphatic carbocycles. The van der Waals surface area contributed by atoms with Gasteiger partial charge in [0.2, 0.25) is 0 Å². The van der Waals surface area contributed by atoms with Gasteiger partial charge in [-0.3, -0.25) is 0 Å². The number of nitrogens with one attached hydrogen (secondary N) is 1. The largest absolute Gasteiger partial charge is 0.496 e. The van der Waals surface area contributed by atoms with Crippen molar-refractivity contribution < 1.29 is 17.9 Å². The van der Waals surface area contributed by atoms with Crippen LogP contribution in [0.1, 0.15) is 24.1 Å². The van der Waals surface area contributed by atoms with Gasteiger partial charge in [-0.05, 0) is 25.5 Å². The fourth-order valence-corrected chi connectivity index (χ4v) is 1.55. The van der Waals surface area contributed by atoms with Crippen LogP contribution in [0.3, 0.4) is 0 Å². The van der Waals surface area contributed by atoms with Crippen molar-refractivity contribution in [2.24, 2.45) is 0 Å². The van der Waals surface area contributed by atoms with Crippen LogP contribution in [0.2, 0.25) is 0 Å². The van der Waals surface area contributed by atoms with E-state index in [0.29, 0.717) is 5.75 Å². The zero-order valence-electron chi connectivity index (χ0n) is 10.1. The molecule has 1 unspecified atom stereocenters. The smallest absolute Gasteiger partial charge is 0.401 e. The normalized spacial score (nSPS) is 13.5. The van der Waals surface area contributed by atoms with Crippen molar-refractivity contribution in [2.75, 3.05) is 13.7 Å². The van der Waals surface area contributed by atoms with Crippen molar-refractivity contribution in [1.82, 2.24) is 5.32 Å². The van der Waals surface area contributed by atoms with E-state index in [1.165, 1.54) is 7.11 Å². The highest BCUT2D eigenvalue weighted by Gasteiger charge is 2.27. The minimum atomic E-state index is -4.20. The molecular formula is C12H16F3NO. The summed E-state index contributed by atoms with van der Waals surface area (Å²) >= 11 is 0. The summed E-state index contributed by atoms with van der Waals surface area (Å²) in [6, 6.07) is 5.03. The fourth-order valence-electron chi connectivity index (χ4n) is 1.55. The van der Waals surface area contributed by atoms with Crippen LogP contribution in [0.5, 0.6) is 5.75 Å². The molecule has 0 heterocycles. The predicted molar refractivity (Wildman–Crippen MR) is 60.2 cm³/mol. The number of benzene rings is 1. The first-order chi connectivity index (χ1) is 7.83. The number of aryl methyl sites for hydroxylation is 1. The van der Waals surface area contributed by atoms with Gasteiger partial charge in [-0.25, -0.2) is 0 Å². The molecule has 0 fully saturated rings. The molecule has 1 rings (SSSR count). The molecule has 0 radical (unpaired) electrons. The minimum Gasteiger partial charge on any atom is -0.496 e. The first-order valence-electron chi connectivity index (χ1n) is 5.28. The summed E-state index contributed by atoms with van der Waals surface area (Å²) in [6.45, 7) is 2.57. The van der Waals surface area contributed by atoms with Gasteiger partial charge in [0.25, 0.3) is 0 Å². The first kappa shape index (κ1) is 13.8. The number of ether oxygens (including phenoxy) is 1. The maximum atomic E-state index is 12.1. The van der Waals surface area contributed by atoms with Gasteiger partial charge in [0, 0.05) is 11.6 Å². The highest BCUT2D eigenvalue weighted by atomic mass is 19.4. The van der Waals surface area contributed by atoms with Crippen LogP contribution in [0.25, 0.3) is 0 Å². The van der Waals surface area contributed by atoms with Crippen LogP contribution in [0, 0.1) is 6.92 Å². The van der Waals surface area contributed by atoms with E-state index in [0.717, 1.165) is 11.1 Å². The zero-order valence-corrected chi connectivity index (χ0v) is 10.1. The van der Waals surface area contributed by atoms with Gasteiger partial charge in [0.15, 0.2) is 0 Å². The molecule has 1 aromatic carbocycles. The lowest BCUT2D eigenvalue weighted by Crippen LogP contribution is -2.31. The number of methoxy groups -OCH3 is 1. The lowest BCUT2D eigenvalue weighted by atomic mass is 10.0. The Hall–Kier alpha value is -1.23. The SMILES string of the molecule is COc1cc(C)ccc1C(C)NCC(F)(F)F. The highest BCUT2D eigenvalue weighted by Crippen LogP contribution is 2.26. The molecule has 0 aliphatic heterocycles. The maximum Gasteiger partial charge on any atom is 0.401 e. The Morgan fingerprint density at radius 3 is 2.53 bits per heavy atom. The van der Waals surface area contributed by atoms with Gasteiger partial charge in [-0.15, -0.1) is 0 Å². The Morgan fingerprint density at radius 1 is 1.35 bits per heavy atom. The number of rotatable bonds is 4. The maximum absolute atomic E-state index is 12.1. The van der Waals surface area contributed by atoms with E-state index in [1.807, 2.05) is 13.0 Å². The van der Waals surface area contributed by atoms with Gasteiger partial charge in [0.1, 0.15) is 5.75 Å². The molecule has 0 amide bonds. The molecule has 0 saturated carbocycles. The van der Waals surface area contributed by atoms with Crippen molar-refractivity contribution in [3.8, 4) is 5.75 Å². The monoisotopic (exact) mass is 247 g/mol. The second-order valence-electron chi connectivity index (χ2n) is 3.96. The molecule has 0 aromatic heterocycles. The summed E-state index contributed by atoms with van der Waals surface area (Å²) in [7, 11) is 1.51. The fraction of sp³-hybridized carbons (Fsp3) is 0.500. The van der Waals surface area contributed by atoms with E-state index in [1.54, 1.807) is 19.1 Å². The van der Waals surface area contributed by atoms with Crippen molar-refractivity contribution in [3.05, 3.63) is 29.3 Å². The summed E-state index contributed by atoms with van der Waals surface area (Å²) in [4.78, 5) is 0. The van der Waals surface area contributed by atoms with Gasteiger partial charge in [-0.1, -0.05) is 12.1 Å². The Bertz CT molecular complexity index is 377. The van der Waals surface area contributed by atoms with Gasteiger partial charge >= 0.3 is 6.18 Å². The molecule has 1 aromatic rings. The van der Waals surface area contributed by atoms with Crippen LogP contribution < -0.4 is 10.1 Å². The van der Waals surface area contributed by atoms with E-state index >= 15 is 0 Å². The Balaban J connectivity index is 2.78. The molecule has 0 aliphatic rings. The van der Waals surface area contributed by atoms with E-state index in [4.69, 9.17) is 4.74 Å². The van der Waals surface area contributed by atoms with Crippen molar-refractivity contribution in [2.45, 2.75) is 26.1 Å². The average molecular weight is 247 g/mol. The molecule has 96 valence electrons. The molecule has 0 bridgehead atoms.